The van der Waals surface area contributed by atoms with Crippen molar-refractivity contribution in [2.75, 3.05) is 0 Å². The van der Waals surface area contributed by atoms with Crippen LogP contribution < -0.4 is 10.7 Å². The minimum atomic E-state index is -0.320. The summed E-state index contributed by atoms with van der Waals surface area (Å²) in [5.74, 6) is -0.320. The Labute approximate surface area is 139 Å². The van der Waals surface area contributed by atoms with Gasteiger partial charge in [0.1, 0.15) is 5.56 Å². The van der Waals surface area contributed by atoms with Crippen molar-refractivity contribution in [1.82, 2.24) is 9.88 Å². The third kappa shape index (κ3) is 2.31. The molecule has 1 aliphatic heterocycles. The molecule has 4 nitrogen and oxygen atoms in total. The number of rotatable bonds is 3. The second-order valence-corrected chi connectivity index (χ2v) is 6.31. The Balaban J connectivity index is 1.72. The Morgan fingerprint density at radius 3 is 2.75 bits per heavy atom. The molecule has 1 N–H and O–H groups in total. The monoisotopic (exact) mass is 318 g/mol. The third-order valence-electron chi connectivity index (χ3n) is 4.67. The lowest BCUT2D eigenvalue weighted by Gasteiger charge is -2.12. The SMILES string of the molecule is C[C@H]1Cc2cccc3c(=O)c(C(=O)NCc4ccccc4)cn1c23. The number of hydrogen-bond acceptors (Lipinski definition) is 2. The van der Waals surface area contributed by atoms with Crippen molar-refractivity contribution < 1.29 is 4.79 Å². The highest BCUT2D eigenvalue weighted by molar-refractivity contribution is 5.98. The van der Waals surface area contributed by atoms with E-state index in [4.69, 9.17) is 0 Å². The van der Waals surface area contributed by atoms with Gasteiger partial charge in [0, 0.05) is 24.2 Å². The lowest BCUT2D eigenvalue weighted by molar-refractivity contribution is 0.0949. The first-order valence-corrected chi connectivity index (χ1v) is 8.14. The van der Waals surface area contributed by atoms with Crippen LogP contribution in [0.15, 0.2) is 59.5 Å². The summed E-state index contributed by atoms with van der Waals surface area (Å²) < 4.78 is 2.06. The zero-order chi connectivity index (χ0) is 16.7. The molecule has 0 fully saturated rings. The zero-order valence-electron chi connectivity index (χ0n) is 13.5. The summed E-state index contributed by atoms with van der Waals surface area (Å²) >= 11 is 0. The first-order chi connectivity index (χ1) is 11.6. The quantitative estimate of drug-likeness (QED) is 0.807. The van der Waals surface area contributed by atoms with Crippen LogP contribution in [0.5, 0.6) is 0 Å². The van der Waals surface area contributed by atoms with Crippen molar-refractivity contribution in [2.24, 2.45) is 0 Å². The number of para-hydroxylation sites is 1. The molecule has 4 heteroatoms. The van der Waals surface area contributed by atoms with Gasteiger partial charge in [-0.3, -0.25) is 9.59 Å². The number of nitrogens with zero attached hydrogens (tertiary/aromatic N) is 1. The van der Waals surface area contributed by atoms with E-state index in [1.165, 1.54) is 5.56 Å². The lowest BCUT2D eigenvalue weighted by atomic mass is 10.1. The normalized spacial score (nSPS) is 15.6. The van der Waals surface area contributed by atoms with Crippen LogP contribution in [0.25, 0.3) is 10.9 Å². The third-order valence-corrected chi connectivity index (χ3v) is 4.67. The molecule has 0 spiro atoms. The van der Waals surface area contributed by atoms with Gasteiger partial charge in [-0.2, -0.15) is 0 Å². The van der Waals surface area contributed by atoms with E-state index in [0.29, 0.717) is 11.9 Å². The maximum absolute atomic E-state index is 12.7. The number of amides is 1. The maximum atomic E-state index is 12.7. The van der Waals surface area contributed by atoms with Gasteiger partial charge in [-0.05, 0) is 30.5 Å². The number of aromatic nitrogens is 1. The molecule has 2 aromatic carbocycles. The predicted molar refractivity (Wildman–Crippen MR) is 94.2 cm³/mol. The van der Waals surface area contributed by atoms with Gasteiger partial charge in [-0.25, -0.2) is 0 Å². The molecular formula is C20H18N2O2. The van der Waals surface area contributed by atoms with Crippen molar-refractivity contribution in [3.63, 3.8) is 0 Å². The van der Waals surface area contributed by atoms with Gasteiger partial charge in [0.2, 0.25) is 5.43 Å². The fourth-order valence-corrected chi connectivity index (χ4v) is 3.45. The van der Waals surface area contributed by atoms with Gasteiger partial charge in [0.15, 0.2) is 0 Å². The summed E-state index contributed by atoms with van der Waals surface area (Å²) in [5, 5.41) is 3.48. The van der Waals surface area contributed by atoms with E-state index in [-0.39, 0.29) is 22.9 Å². The molecule has 24 heavy (non-hydrogen) atoms. The Kier molecular flexibility index (Phi) is 3.45. The molecule has 0 radical (unpaired) electrons. The Morgan fingerprint density at radius 2 is 1.96 bits per heavy atom. The van der Waals surface area contributed by atoms with Crippen molar-refractivity contribution >= 4 is 16.8 Å². The van der Waals surface area contributed by atoms with Gasteiger partial charge in [0.25, 0.3) is 5.91 Å². The fraction of sp³-hybridized carbons (Fsp3) is 0.200. The van der Waals surface area contributed by atoms with Gasteiger partial charge in [-0.15, -0.1) is 0 Å². The fourth-order valence-electron chi connectivity index (χ4n) is 3.45. The molecule has 1 atom stereocenters. The molecule has 4 rings (SSSR count). The van der Waals surface area contributed by atoms with Crippen molar-refractivity contribution in [3.8, 4) is 0 Å². The molecular weight excluding hydrogens is 300 g/mol. The molecule has 1 aliphatic rings. The number of hydrogen-bond donors (Lipinski definition) is 1. The number of carbonyl (C=O) groups is 1. The highest BCUT2D eigenvalue weighted by atomic mass is 16.2. The van der Waals surface area contributed by atoms with Crippen LogP contribution in [0.4, 0.5) is 0 Å². The summed E-state index contributed by atoms with van der Waals surface area (Å²) in [6.45, 7) is 2.52. The van der Waals surface area contributed by atoms with Crippen molar-refractivity contribution in [3.05, 3.63) is 81.6 Å². The van der Waals surface area contributed by atoms with Crippen LogP contribution in [0, 0.1) is 0 Å². The maximum Gasteiger partial charge on any atom is 0.257 e. The predicted octanol–water partition coefficient (Wildman–Crippen LogP) is 3.05. The van der Waals surface area contributed by atoms with E-state index >= 15 is 0 Å². The Hall–Kier alpha value is -2.88. The molecule has 0 aliphatic carbocycles. The van der Waals surface area contributed by atoms with E-state index in [1.54, 1.807) is 6.20 Å². The van der Waals surface area contributed by atoms with Crippen LogP contribution in [0.1, 0.15) is 34.5 Å². The minimum Gasteiger partial charge on any atom is -0.348 e. The highest BCUT2D eigenvalue weighted by Gasteiger charge is 2.24. The van der Waals surface area contributed by atoms with Gasteiger partial charge in [0.05, 0.1) is 5.52 Å². The number of carbonyl (C=O) groups excluding carboxylic acids is 1. The summed E-state index contributed by atoms with van der Waals surface area (Å²) in [5.41, 5.74) is 3.17. The van der Waals surface area contributed by atoms with Gasteiger partial charge >= 0.3 is 0 Å². The standard InChI is InChI=1S/C20H18N2O2/c1-13-10-15-8-5-9-16-18(15)22(13)12-17(19(16)23)20(24)21-11-14-6-3-2-4-7-14/h2-9,12-13H,10-11H2,1H3,(H,21,24)/t13-/m0/s1. The van der Waals surface area contributed by atoms with Crippen LogP contribution in [0.2, 0.25) is 0 Å². The van der Waals surface area contributed by atoms with Crippen LogP contribution in [0.3, 0.4) is 0 Å². The average molecular weight is 318 g/mol. The summed E-state index contributed by atoms with van der Waals surface area (Å²) in [6, 6.07) is 15.7. The van der Waals surface area contributed by atoms with E-state index in [1.807, 2.05) is 42.5 Å². The van der Waals surface area contributed by atoms with Crippen LogP contribution in [-0.4, -0.2) is 10.5 Å². The van der Waals surface area contributed by atoms with E-state index in [9.17, 15) is 9.59 Å². The highest BCUT2D eigenvalue weighted by Crippen LogP contribution is 2.30. The summed E-state index contributed by atoms with van der Waals surface area (Å²) in [4.78, 5) is 25.3. The number of pyridine rings is 1. The molecule has 2 heterocycles. The second-order valence-electron chi connectivity index (χ2n) is 6.31. The molecule has 0 unspecified atom stereocenters. The van der Waals surface area contributed by atoms with E-state index in [2.05, 4.69) is 22.9 Å². The summed E-state index contributed by atoms with van der Waals surface area (Å²) in [6.07, 6.45) is 2.61. The van der Waals surface area contributed by atoms with Crippen LogP contribution in [-0.2, 0) is 13.0 Å². The topological polar surface area (TPSA) is 51.1 Å². The minimum absolute atomic E-state index is 0.192. The molecule has 1 amide bonds. The van der Waals surface area contributed by atoms with Crippen molar-refractivity contribution in [2.45, 2.75) is 25.9 Å². The van der Waals surface area contributed by atoms with E-state index in [0.717, 1.165) is 17.5 Å². The Bertz CT molecular complexity index is 990. The van der Waals surface area contributed by atoms with Gasteiger partial charge in [-0.1, -0.05) is 42.5 Å². The number of benzene rings is 2. The van der Waals surface area contributed by atoms with Gasteiger partial charge < -0.3 is 9.88 Å². The first-order valence-electron chi connectivity index (χ1n) is 8.14. The average Bonchev–Trinajstić information content (AvgIpc) is 2.93. The van der Waals surface area contributed by atoms with Crippen LogP contribution >= 0.6 is 0 Å². The number of nitrogens with one attached hydrogen (secondary N) is 1. The molecule has 1 aromatic heterocycles. The molecule has 120 valence electrons. The van der Waals surface area contributed by atoms with E-state index < -0.39 is 0 Å². The summed E-state index contributed by atoms with van der Waals surface area (Å²) in [7, 11) is 0. The Morgan fingerprint density at radius 1 is 1.17 bits per heavy atom. The van der Waals surface area contributed by atoms with Crippen molar-refractivity contribution in [1.29, 1.82) is 0 Å². The molecule has 0 saturated heterocycles. The zero-order valence-corrected chi connectivity index (χ0v) is 13.5. The molecule has 0 bridgehead atoms. The molecule has 0 saturated carbocycles. The first kappa shape index (κ1) is 14.7. The largest absolute Gasteiger partial charge is 0.348 e. The smallest absolute Gasteiger partial charge is 0.257 e. The lowest BCUT2D eigenvalue weighted by Crippen LogP contribution is -2.29. The second kappa shape index (κ2) is 5.64. The molecule has 3 aromatic rings.